The van der Waals surface area contributed by atoms with Crippen LogP contribution in [-0.2, 0) is 16.2 Å². The fourth-order valence-electron chi connectivity index (χ4n) is 1.46. The standard InChI is InChI=1S/C13H10F3NO3S/c14-13(15,16)10-6-8-12(9-7-10)21(18,19)17-20-11-4-2-1-3-5-11/h1-9,17H. The number of halogens is 3. The van der Waals surface area contributed by atoms with Gasteiger partial charge in [-0.3, -0.25) is 0 Å². The number of alkyl halides is 3. The summed E-state index contributed by atoms with van der Waals surface area (Å²) >= 11 is 0. The molecule has 0 saturated heterocycles. The van der Waals surface area contributed by atoms with E-state index in [1.807, 2.05) is 4.89 Å². The molecule has 0 amide bonds. The molecule has 0 atom stereocenters. The van der Waals surface area contributed by atoms with Gasteiger partial charge in [0.05, 0.1) is 10.5 Å². The van der Waals surface area contributed by atoms with Crippen molar-refractivity contribution in [1.82, 2.24) is 4.89 Å². The molecule has 0 saturated carbocycles. The largest absolute Gasteiger partial charge is 0.416 e. The molecular formula is C13H10F3NO3S. The van der Waals surface area contributed by atoms with Crippen LogP contribution < -0.4 is 9.72 Å². The first-order chi connectivity index (χ1) is 9.79. The molecule has 0 aromatic heterocycles. The van der Waals surface area contributed by atoms with Gasteiger partial charge in [0.15, 0.2) is 0 Å². The molecule has 4 nitrogen and oxygen atoms in total. The Morgan fingerprint density at radius 2 is 1.48 bits per heavy atom. The summed E-state index contributed by atoms with van der Waals surface area (Å²) < 4.78 is 60.9. The number of rotatable bonds is 4. The second kappa shape index (κ2) is 5.74. The van der Waals surface area contributed by atoms with Crippen LogP contribution in [0.3, 0.4) is 0 Å². The molecule has 0 heterocycles. The smallest absolute Gasteiger partial charge is 0.394 e. The minimum absolute atomic E-state index is 0.257. The molecule has 2 aromatic carbocycles. The first kappa shape index (κ1) is 15.3. The maximum Gasteiger partial charge on any atom is 0.416 e. The van der Waals surface area contributed by atoms with Gasteiger partial charge in [0, 0.05) is 0 Å². The van der Waals surface area contributed by atoms with Gasteiger partial charge in [-0.05, 0) is 41.3 Å². The second-order valence-electron chi connectivity index (χ2n) is 4.02. The van der Waals surface area contributed by atoms with Crippen LogP contribution >= 0.6 is 0 Å². The van der Waals surface area contributed by atoms with Crippen LogP contribution in [0.1, 0.15) is 5.56 Å². The molecular weight excluding hydrogens is 307 g/mol. The Morgan fingerprint density at radius 3 is 2.00 bits per heavy atom. The van der Waals surface area contributed by atoms with Crippen molar-refractivity contribution in [3.63, 3.8) is 0 Å². The van der Waals surface area contributed by atoms with E-state index >= 15 is 0 Å². The lowest BCUT2D eigenvalue weighted by atomic mass is 10.2. The van der Waals surface area contributed by atoms with E-state index in [9.17, 15) is 21.6 Å². The zero-order chi connectivity index (χ0) is 15.5. The van der Waals surface area contributed by atoms with E-state index in [4.69, 9.17) is 4.84 Å². The fourth-order valence-corrected chi connectivity index (χ4v) is 2.26. The number of hydrogen-bond donors (Lipinski definition) is 1. The molecule has 2 aromatic rings. The van der Waals surface area contributed by atoms with Crippen LogP contribution in [0.2, 0.25) is 0 Å². The summed E-state index contributed by atoms with van der Waals surface area (Å²) in [7, 11) is -4.06. The van der Waals surface area contributed by atoms with E-state index in [2.05, 4.69) is 0 Å². The van der Waals surface area contributed by atoms with Gasteiger partial charge in [-0.1, -0.05) is 18.2 Å². The van der Waals surface area contributed by atoms with Gasteiger partial charge in [-0.2, -0.15) is 13.2 Å². The third-order valence-electron chi connectivity index (χ3n) is 2.50. The number of benzene rings is 2. The lowest BCUT2D eigenvalue weighted by Crippen LogP contribution is -2.27. The number of hydrogen-bond acceptors (Lipinski definition) is 3. The maximum atomic E-state index is 12.4. The molecule has 1 N–H and O–H groups in total. The normalized spacial score (nSPS) is 12.1. The van der Waals surface area contributed by atoms with Gasteiger partial charge in [0.25, 0.3) is 10.0 Å². The van der Waals surface area contributed by atoms with Crippen LogP contribution in [0.4, 0.5) is 13.2 Å². The molecule has 0 radical (unpaired) electrons. The van der Waals surface area contributed by atoms with Crippen molar-refractivity contribution < 1.29 is 26.4 Å². The average molecular weight is 317 g/mol. The summed E-state index contributed by atoms with van der Waals surface area (Å²) in [5.74, 6) is 0.257. The van der Waals surface area contributed by atoms with Crippen molar-refractivity contribution in [2.24, 2.45) is 0 Å². The Hall–Kier alpha value is -2.06. The van der Waals surface area contributed by atoms with Crippen molar-refractivity contribution in [3.05, 3.63) is 60.2 Å². The first-order valence-electron chi connectivity index (χ1n) is 5.70. The van der Waals surface area contributed by atoms with Crippen LogP contribution in [0.15, 0.2) is 59.5 Å². The topological polar surface area (TPSA) is 55.4 Å². The number of sulfonamides is 1. The van der Waals surface area contributed by atoms with Crippen molar-refractivity contribution in [1.29, 1.82) is 0 Å². The monoisotopic (exact) mass is 317 g/mol. The molecule has 0 aliphatic rings. The van der Waals surface area contributed by atoms with E-state index < -0.39 is 21.8 Å². The minimum atomic E-state index is -4.52. The second-order valence-corrected chi connectivity index (χ2v) is 5.67. The summed E-state index contributed by atoms with van der Waals surface area (Å²) in [4.78, 5) is 6.38. The molecule has 0 aliphatic heterocycles. The summed E-state index contributed by atoms with van der Waals surface area (Å²) in [6, 6.07) is 11.2. The molecule has 112 valence electrons. The van der Waals surface area contributed by atoms with E-state index in [1.165, 1.54) is 12.1 Å². The summed E-state index contributed by atoms with van der Waals surface area (Å²) in [6.07, 6.45) is -4.52. The Labute approximate surface area is 119 Å². The molecule has 0 unspecified atom stereocenters. The van der Waals surface area contributed by atoms with Crippen molar-refractivity contribution in [2.45, 2.75) is 11.1 Å². The van der Waals surface area contributed by atoms with E-state index in [0.717, 1.165) is 12.1 Å². The van der Waals surface area contributed by atoms with Gasteiger partial charge < -0.3 is 4.84 Å². The predicted octanol–water partition coefficient (Wildman–Crippen LogP) is 2.98. The van der Waals surface area contributed by atoms with E-state index in [1.54, 1.807) is 18.2 Å². The maximum absolute atomic E-state index is 12.4. The highest BCUT2D eigenvalue weighted by Gasteiger charge is 2.30. The van der Waals surface area contributed by atoms with Gasteiger partial charge >= 0.3 is 6.18 Å². The van der Waals surface area contributed by atoms with Crippen LogP contribution in [0, 0.1) is 0 Å². The van der Waals surface area contributed by atoms with Gasteiger partial charge in [0.1, 0.15) is 5.75 Å². The lowest BCUT2D eigenvalue weighted by Gasteiger charge is -2.10. The molecule has 0 fully saturated rings. The molecule has 0 spiro atoms. The zero-order valence-corrected chi connectivity index (χ0v) is 11.3. The minimum Gasteiger partial charge on any atom is -0.394 e. The van der Waals surface area contributed by atoms with Crippen molar-refractivity contribution >= 4 is 10.0 Å². The SMILES string of the molecule is O=S(=O)(NOc1ccccc1)c1ccc(C(F)(F)F)cc1. The highest BCUT2D eigenvalue weighted by molar-refractivity contribution is 7.89. The van der Waals surface area contributed by atoms with E-state index in [0.29, 0.717) is 12.1 Å². The Bertz CT molecular complexity index is 698. The third kappa shape index (κ3) is 3.96. The summed E-state index contributed by atoms with van der Waals surface area (Å²) in [5, 5.41) is 0. The molecule has 21 heavy (non-hydrogen) atoms. The van der Waals surface area contributed by atoms with Crippen molar-refractivity contribution in [2.75, 3.05) is 0 Å². The fraction of sp³-hybridized carbons (Fsp3) is 0.0769. The van der Waals surface area contributed by atoms with Gasteiger partial charge in [-0.15, -0.1) is 0 Å². The average Bonchev–Trinajstić information content (AvgIpc) is 2.46. The molecule has 8 heteroatoms. The summed E-state index contributed by atoms with van der Waals surface area (Å²) in [6.45, 7) is 0. The van der Waals surface area contributed by atoms with E-state index in [-0.39, 0.29) is 10.6 Å². The highest BCUT2D eigenvalue weighted by atomic mass is 32.2. The zero-order valence-electron chi connectivity index (χ0n) is 10.5. The number of nitrogens with one attached hydrogen (secondary N) is 1. The predicted molar refractivity (Wildman–Crippen MR) is 68.8 cm³/mol. The third-order valence-corrected chi connectivity index (χ3v) is 3.70. The first-order valence-corrected chi connectivity index (χ1v) is 7.18. The lowest BCUT2D eigenvalue weighted by molar-refractivity contribution is -0.137. The van der Waals surface area contributed by atoms with Crippen LogP contribution in [0.25, 0.3) is 0 Å². The Morgan fingerprint density at radius 1 is 0.905 bits per heavy atom. The van der Waals surface area contributed by atoms with Crippen LogP contribution in [0.5, 0.6) is 5.75 Å². The molecule has 0 aliphatic carbocycles. The molecule has 0 bridgehead atoms. The van der Waals surface area contributed by atoms with Gasteiger partial charge in [-0.25, -0.2) is 8.42 Å². The summed E-state index contributed by atoms with van der Waals surface area (Å²) in [5.41, 5.74) is -0.926. The van der Waals surface area contributed by atoms with Gasteiger partial charge in [0.2, 0.25) is 0 Å². The highest BCUT2D eigenvalue weighted by Crippen LogP contribution is 2.29. The Balaban J connectivity index is 2.13. The molecule has 2 rings (SSSR count). The van der Waals surface area contributed by atoms with Crippen LogP contribution in [-0.4, -0.2) is 8.42 Å². The van der Waals surface area contributed by atoms with Crippen molar-refractivity contribution in [3.8, 4) is 5.75 Å². The number of para-hydroxylation sites is 1. The Kier molecular flexibility index (Phi) is 4.19. The quantitative estimate of drug-likeness (QED) is 0.882.